The summed E-state index contributed by atoms with van der Waals surface area (Å²) in [5.41, 5.74) is 4.48. The second kappa shape index (κ2) is 10.9. The molecule has 0 saturated heterocycles. The molecule has 3 aromatic heterocycles. The fourth-order valence-corrected chi connectivity index (χ4v) is 5.11. The summed E-state index contributed by atoms with van der Waals surface area (Å²) in [6, 6.07) is 13.6. The minimum absolute atomic E-state index is 0.0497. The highest BCUT2D eigenvalue weighted by atomic mass is 32.2. The maximum absolute atomic E-state index is 13.2. The van der Waals surface area contributed by atoms with Crippen molar-refractivity contribution in [2.75, 3.05) is 26.6 Å². The second-order valence-electron chi connectivity index (χ2n) is 8.25. The van der Waals surface area contributed by atoms with Gasteiger partial charge in [-0.15, -0.1) is 10.2 Å². The Bertz CT molecular complexity index is 1300. The van der Waals surface area contributed by atoms with E-state index in [1.54, 1.807) is 26.6 Å². The minimum atomic E-state index is 0.0497. The number of thioether (sulfide) groups is 1. The molecule has 0 aliphatic rings. The predicted molar refractivity (Wildman–Crippen MR) is 137 cm³/mol. The van der Waals surface area contributed by atoms with Gasteiger partial charge in [0.25, 0.3) is 0 Å². The molecule has 0 N–H and O–H groups in total. The molecule has 4 aromatic rings. The van der Waals surface area contributed by atoms with Crippen LogP contribution in [0, 0.1) is 13.8 Å². The molecule has 9 heteroatoms. The van der Waals surface area contributed by atoms with Gasteiger partial charge in [-0.3, -0.25) is 14.3 Å². The lowest BCUT2D eigenvalue weighted by molar-refractivity contribution is 0.102. The fraction of sp³-hybridized carbons (Fsp3) is 0.308. The Labute approximate surface area is 209 Å². The van der Waals surface area contributed by atoms with Gasteiger partial charge in [-0.1, -0.05) is 11.8 Å². The van der Waals surface area contributed by atoms with Crippen LogP contribution < -0.4 is 4.74 Å². The lowest BCUT2D eigenvalue weighted by Gasteiger charge is -2.17. The van der Waals surface area contributed by atoms with Crippen molar-refractivity contribution in [1.82, 2.24) is 24.3 Å². The highest BCUT2D eigenvalue weighted by Gasteiger charge is 2.21. The largest absolute Gasteiger partial charge is 0.497 e. The smallest absolute Gasteiger partial charge is 0.196 e. The third-order valence-corrected chi connectivity index (χ3v) is 6.80. The lowest BCUT2D eigenvalue weighted by Crippen LogP contribution is -2.14. The van der Waals surface area contributed by atoms with Crippen LogP contribution in [0.3, 0.4) is 0 Å². The number of ketones is 1. The van der Waals surface area contributed by atoms with Gasteiger partial charge in [-0.2, -0.15) is 0 Å². The van der Waals surface area contributed by atoms with Crippen LogP contribution in [0.1, 0.15) is 34.7 Å². The van der Waals surface area contributed by atoms with Gasteiger partial charge in [-0.25, -0.2) is 0 Å². The number of methoxy groups -OCH3 is 2. The molecular weight excluding hydrogens is 462 g/mol. The van der Waals surface area contributed by atoms with Gasteiger partial charge >= 0.3 is 0 Å². The first-order chi connectivity index (χ1) is 16.9. The summed E-state index contributed by atoms with van der Waals surface area (Å²) in [4.78, 5) is 17.3. The van der Waals surface area contributed by atoms with E-state index in [1.165, 1.54) is 11.8 Å². The molecule has 0 aliphatic carbocycles. The molecule has 0 fully saturated rings. The van der Waals surface area contributed by atoms with E-state index in [-0.39, 0.29) is 17.6 Å². The van der Waals surface area contributed by atoms with Crippen molar-refractivity contribution in [3.05, 3.63) is 71.8 Å². The van der Waals surface area contributed by atoms with Crippen LogP contribution in [0.15, 0.2) is 60.0 Å². The van der Waals surface area contributed by atoms with E-state index in [0.717, 1.165) is 34.0 Å². The summed E-state index contributed by atoms with van der Waals surface area (Å²) in [6.45, 7) is 6.68. The van der Waals surface area contributed by atoms with Gasteiger partial charge in [-0.05, 0) is 63.2 Å². The first-order valence-corrected chi connectivity index (χ1v) is 12.3. The number of carbonyl (C=O) groups is 1. The molecule has 4 rings (SSSR count). The summed E-state index contributed by atoms with van der Waals surface area (Å²) in [6.07, 6.45) is 3.44. The number of pyridine rings is 1. The van der Waals surface area contributed by atoms with Gasteiger partial charge in [0.05, 0.1) is 25.5 Å². The molecular formula is C26H29N5O3S. The summed E-state index contributed by atoms with van der Waals surface area (Å²) < 4.78 is 14.7. The number of carbonyl (C=O) groups excluding carboxylic acids is 1. The van der Waals surface area contributed by atoms with E-state index in [9.17, 15) is 4.79 Å². The number of aryl methyl sites for hydroxylation is 1. The highest BCUT2D eigenvalue weighted by molar-refractivity contribution is 7.99. The summed E-state index contributed by atoms with van der Waals surface area (Å²) in [5.74, 6) is 1.73. The van der Waals surface area contributed by atoms with Crippen LogP contribution in [0.2, 0.25) is 0 Å². The topological polar surface area (TPSA) is 84.1 Å². The first kappa shape index (κ1) is 24.7. The zero-order valence-corrected chi connectivity index (χ0v) is 21.4. The van der Waals surface area contributed by atoms with E-state index in [0.29, 0.717) is 17.6 Å². The Morgan fingerprint density at radius 3 is 2.43 bits per heavy atom. The van der Waals surface area contributed by atoms with Crippen LogP contribution in [0.4, 0.5) is 0 Å². The van der Waals surface area contributed by atoms with Gasteiger partial charge in [0.15, 0.2) is 16.8 Å². The number of Topliss-reactive ketones (excluding diaryl/α,β-unsaturated/α-hetero) is 1. The van der Waals surface area contributed by atoms with E-state index >= 15 is 0 Å². The number of hydrogen-bond acceptors (Lipinski definition) is 7. The van der Waals surface area contributed by atoms with Gasteiger partial charge in [0.2, 0.25) is 0 Å². The van der Waals surface area contributed by atoms with Crippen LogP contribution >= 0.6 is 11.8 Å². The number of rotatable bonds is 10. The SMILES string of the molecule is COC[C@@H](C)n1c(C)cc(C(=O)CSc2nnc(-c3ccncc3)n2-c2ccc(OC)cc2)c1C. The Morgan fingerprint density at radius 2 is 1.77 bits per heavy atom. The summed E-state index contributed by atoms with van der Waals surface area (Å²) in [5, 5.41) is 9.50. The number of nitrogens with zero attached hydrogens (tertiary/aromatic N) is 5. The molecule has 182 valence electrons. The molecule has 0 saturated carbocycles. The number of benzene rings is 1. The van der Waals surface area contributed by atoms with Crippen LogP contribution in [0.25, 0.3) is 17.1 Å². The van der Waals surface area contributed by atoms with Crippen molar-refractivity contribution < 1.29 is 14.3 Å². The summed E-state index contributed by atoms with van der Waals surface area (Å²) in [7, 11) is 3.32. The van der Waals surface area contributed by atoms with Crippen molar-refractivity contribution >= 4 is 17.5 Å². The lowest BCUT2D eigenvalue weighted by atomic mass is 10.2. The van der Waals surface area contributed by atoms with Crippen molar-refractivity contribution in [2.24, 2.45) is 0 Å². The van der Waals surface area contributed by atoms with Crippen molar-refractivity contribution in [1.29, 1.82) is 0 Å². The third-order valence-electron chi connectivity index (χ3n) is 5.87. The van der Waals surface area contributed by atoms with Crippen molar-refractivity contribution in [3.8, 4) is 22.8 Å². The molecule has 0 unspecified atom stereocenters. The monoisotopic (exact) mass is 491 g/mol. The number of ether oxygens (including phenoxy) is 2. The molecule has 1 atom stereocenters. The van der Waals surface area contributed by atoms with Gasteiger partial charge in [0.1, 0.15) is 5.75 Å². The Kier molecular flexibility index (Phi) is 7.67. The van der Waals surface area contributed by atoms with Crippen LogP contribution in [-0.2, 0) is 4.74 Å². The molecule has 3 heterocycles. The molecule has 0 aliphatic heterocycles. The van der Waals surface area contributed by atoms with E-state index in [4.69, 9.17) is 9.47 Å². The molecule has 0 bridgehead atoms. The van der Waals surface area contributed by atoms with Gasteiger partial charge < -0.3 is 14.0 Å². The van der Waals surface area contributed by atoms with E-state index < -0.39 is 0 Å². The molecule has 0 amide bonds. The predicted octanol–water partition coefficient (Wildman–Crippen LogP) is 4.94. The van der Waals surface area contributed by atoms with Crippen molar-refractivity contribution in [3.63, 3.8) is 0 Å². The van der Waals surface area contributed by atoms with Gasteiger partial charge in [0, 0.05) is 47.7 Å². The quantitative estimate of drug-likeness (QED) is 0.229. The minimum Gasteiger partial charge on any atom is -0.497 e. The zero-order chi connectivity index (χ0) is 24.9. The van der Waals surface area contributed by atoms with E-state index in [1.807, 2.05) is 60.9 Å². The molecule has 0 spiro atoms. The summed E-state index contributed by atoms with van der Waals surface area (Å²) >= 11 is 1.37. The fourth-order valence-electron chi connectivity index (χ4n) is 4.28. The Morgan fingerprint density at radius 1 is 1.06 bits per heavy atom. The zero-order valence-electron chi connectivity index (χ0n) is 20.6. The average molecular weight is 492 g/mol. The molecule has 0 radical (unpaired) electrons. The van der Waals surface area contributed by atoms with E-state index in [2.05, 4.69) is 26.7 Å². The third kappa shape index (κ3) is 5.16. The number of hydrogen-bond donors (Lipinski definition) is 0. The maximum atomic E-state index is 13.2. The average Bonchev–Trinajstić information content (AvgIpc) is 3.43. The standard InChI is InChI=1S/C26H29N5O3S/c1-17-14-23(19(3)30(17)18(2)15-33-4)24(32)16-35-26-29-28-25(20-10-12-27-13-11-20)31(26)21-6-8-22(34-5)9-7-21/h6-14,18H,15-16H2,1-5H3/t18-/m1/s1. The Hall–Kier alpha value is -3.43. The number of aromatic nitrogens is 5. The molecule has 1 aromatic carbocycles. The van der Waals surface area contributed by atoms with Crippen LogP contribution in [-0.4, -0.2) is 56.7 Å². The maximum Gasteiger partial charge on any atom is 0.196 e. The Balaban J connectivity index is 1.63. The molecule has 35 heavy (non-hydrogen) atoms. The van der Waals surface area contributed by atoms with Crippen LogP contribution in [0.5, 0.6) is 5.75 Å². The highest BCUT2D eigenvalue weighted by Crippen LogP contribution is 2.30. The normalized spacial score (nSPS) is 12.0. The second-order valence-corrected chi connectivity index (χ2v) is 9.19. The first-order valence-electron chi connectivity index (χ1n) is 11.3. The molecule has 8 nitrogen and oxygen atoms in total. The van der Waals surface area contributed by atoms with Crippen molar-refractivity contribution in [2.45, 2.75) is 32.0 Å².